The molecule has 1 atom stereocenters. The summed E-state index contributed by atoms with van der Waals surface area (Å²) in [7, 11) is 0. The van der Waals surface area contributed by atoms with Crippen LogP contribution in [0.15, 0.2) is 0 Å². The summed E-state index contributed by atoms with van der Waals surface area (Å²) in [5.41, 5.74) is 5.51. The monoisotopic (exact) mass is 145 g/mol. The third kappa shape index (κ3) is 3.18. The van der Waals surface area contributed by atoms with Crippen molar-refractivity contribution >= 4 is 0 Å². The fraction of sp³-hybridized carbons (Fsp3) is 1.00. The second-order valence-corrected chi connectivity index (χ2v) is 3.47. The highest BCUT2D eigenvalue weighted by Gasteiger charge is 2.22. The average Bonchev–Trinajstić information content (AvgIpc) is 1.87. The van der Waals surface area contributed by atoms with Crippen LogP contribution in [0.25, 0.3) is 0 Å². The maximum absolute atomic E-state index is 8.91. The third-order valence-electron chi connectivity index (χ3n) is 1.83. The minimum Gasteiger partial charge on any atom is -0.394 e. The molecular weight excluding hydrogens is 126 g/mol. The molecule has 0 aliphatic carbocycles. The summed E-state index contributed by atoms with van der Waals surface area (Å²) in [5, 5.41) is 8.91. The van der Waals surface area contributed by atoms with Crippen molar-refractivity contribution in [1.82, 2.24) is 0 Å². The molecule has 0 radical (unpaired) electrons. The molecule has 0 aromatic rings. The smallest absolute Gasteiger partial charge is 0.0611 e. The molecule has 0 fully saturated rings. The van der Waals surface area contributed by atoms with Gasteiger partial charge in [-0.3, -0.25) is 0 Å². The number of rotatable bonds is 4. The Morgan fingerprint density at radius 1 is 1.50 bits per heavy atom. The van der Waals surface area contributed by atoms with Crippen LogP contribution in [0.4, 0.5) is 0 Å². The van der Waals surface area contributed by atoms with Crippen molar-refractivity contribution in [1.29, 1.82) is 0 Å². The van der Waals surface area contributed by atoms with Gasteiger partial charge < -0.3 is 10.8 Å². The number of nitrogens with two attached hydrogens (primary N) is 1. The Labute approximate surface area is 63.4 Å². The summed E-state index contributed by atoms with van der Waals surface area (Å²) in [4.78, 5) is 0. The van der Waals surface area contributed by atoms with E-state index in [4.69, 9.17) is 10.8 Å². The van der Waals surface area contributed by atoms with Crippen LogP contribution in [0.5, 0.6) is 0 Å². The van der Waals surface area contributed by atoms with E-state index in [1.54, 1.807) is 0 Å². The van der Waals surface area contributed by atoms with E-state index in [-0.39, 0.29) is 12.1 Å². The van der Waals surface area contributed by atoms with E-state index in [1.807, 2.05) is 6.92 Å². The van der Waals surface area contributed by atoms with Gasteiger partial charge in [-0.2, -0.15) is 0 Å². The van der Waals surface area contributed by atoms with E-state index in [0.717, 1.165) is 12.8 Å². The Hall–Kier alpha value is -0.0800. The fourth-order valence-electron chi connectivity index (χ4n) is 1.13. The molecule has 2 nitrogen and oxygen atoms in total. The molecule has 0 aliphatic heterocycles. The summed E-state index contributed by atoms with van der Waals surface area (Å²) in [6.45, 7) is 6.35. The predicted molar refractivity (Wildman–Crippen MR) is 43.8 cm³/mol. The van der Waals surface area contributed by atoms with Gasteiger partial charge in [-0.25, -0.2) is 0 Å². The van der Waals surface area contributed by atoms with Gasteiger partial charge in [0.15, 0.2) is 0 Å². The summed E-state index contributed by atoms with van der Waals surface area (Å²) >= 11 is 0. The molecule has 0 aromatic carbocycles. The standard InChI is InChI=1S/C8H19NO/c1-4-8(9,6-10)5-7(2)3/h7,10H,4-6,9H2,1-3H3. The van der Waals surface area contributed by atoms with Crippen molar-refractivity contribution < 1.29 is 5.11 Å². The minimum absolute atomic E-state index is 0.0989. The zero-order valence-corrected chi connectivity index (χ0v) is 7.22. The van der Waals surface area contributed by atoms with Crippen LogP contribution in [0.2, 0.25) is 0 Å². The van der Waals surface area contributed by atoms with E-state index < -0.39 is 0 Å². The van der Waals surface area contributed by atoms with Crippen LogP contribution in [-0.4, -0.2) is 17.3 Å². The molecule has 0 rings (SSSR count). The molecule has 0 spiro atoms. The number of hydrogen-bond acceptors (Lipinski definition) is 2. The van der Waals surface area contributed by atoms with Crippen molar-refractivity contribution in [2.45, 2.75) is 39.2 Å². The van der Waals surface area contributed by atoms with E-state index >= 15 is 0 Å². The lowest BCUT2D eigenvalue weighted by Gasteiger charge is -2.27. The molecule has 2 heteroatoms. The van der Waals surface area contributed by atoms with Crippen LogP contribution in [-0.2, 0) is 0 Å². The lowest BCUT2D eigenvalue weighted by molar-refractivity contribution is 0.169. The van der Waals surface area contributed by atoms with Crippen molar-refractivity contribution in [3.05, 3.63) is 0 Å². The topological polar surface area (TPSA) is 46.2 Å². The maximum atomic E-state index is 8.91. The van der Waals surface area contributed by atoms with Crippen LogP contribution < -0.4 is 5.73 Å². The van der Waals surface area contributed by atoms with Crippen LogP contribution >= 0.6 is 0 Å². The molecular formula is C8H19NO. The summed E-state index contributed by atoms with van der Waals surface area (Å²) < 4.78 is 0. The Kier molecular flexibility index (Phi) is 3.91. The first kappa shape index (κ1) is 9.92. The molecule has 10 heavy (non-hydrogen) atoms. The van der Waals surface area contributed by atoms with Gasteiger partial charge in [0.1, 0.15) is 0 Å². The molecule has 1 unspecified atom stereocenters. The molecule has 0 aliphatic rings. The maximum Gasteiger partial charge on any atom is 0.0611 e. The van der Waals surface area contributed by atoms with E-state index in [9.17, 15) is 0 Å². The summed E-state index contributed by atoms with van der Waals surface area (Å²) in [6.07, 6.45) is 1.75. The lowest BCUT2D eigenvalue weighted by atomic mass is 9.88. The SMILES string of the molecule is CCC(N)(CO)CC(C)C. The normalized spacial score (nSPS) is 17.4. The highest BCUT2D eigenvalue weighted by atomic mass is 16.3. The van der Waals surface area contributed by atoms with Gasteiger partial charge in [0.25, 0.3) is 0 Å². The molecule has 0 saturated heterocycles. The average molecular weight is 145 g/mol. The third-order valence-corrected chi connectivity index (χ3v) is 1.83. The molecule has 0 amide bonds. The first-order chi connectivity index (χ1) is 4.54. The van der Waals surface area contributed by atoms with Crippen LogP contribution in [0.3, 0.4) is 0 Å². The fourth-order valence-corrected chi connectivity index (χ4v) is 1.13. The van der Waals surface area contributed by atoms with Crippen LogP contribution in [0.1, 0.15) is 33.6 Å². The largest absolute Gasteiger partial charge is 0.394 e. The van der Waals surface area contributed by atoms with Gasteiger partial charge in [0.05, 0.1) is 6.61 Å². The predicted octanol–water partition coefficient (Wildman–Crippen LogP) is 1.13. The Balaban J connectivity index is 3.80. The first-order valence-electron chi connectivity index (χ1n) is 3.94. The van der Waals surface area contributed by atoms with Gasteiger partial charge in [0.2, 0.25) is 0 Å². The van der Waals surface area contributed by atoms with Crippen molar-refractivity contribution in [2.24, 2.45) is 11.7 Å². The molecule has 0 aromatic heterocycles. The zero-order chi connectivity index (χ0) is 8.20. The number of hydrogen-bond donors (Lipinski definition) is 2. The van der Waals surface area contributed by atoms with Crippen LogP contribution in [0, 0.1) is 5.92 Å². The minimum atomic E-state index is -0.339. The number of aliphatic hydroxyl groups excluding tert-OH is 1. The highest BCUT2D eigenvalue weighted by Crippen LogP contribution is 2.16. The van der Waals surface area contributed by atoms with Crippen molar-refractivity contribution in [3.8, 4) is 0 Å². The van der Waals surface area contributed by atoms with E-state index in [2.05, 4.69) is 13.8 Å². The second-order valence-electron chi connectivity index (χ2n) is 3.47. The van der Waals surface area contributed by atoms with Gasteiger partial charge in [-0.05, 0) is 18.8 Å². The Morgan fingerprint density at radius 3 is 2.10 bits per heavy atom. The second kappa shape index (κ2) is 3.94. The first-order valence-corrected chi connectivity index (χ1v) is 3.94. The van der Waals surface area contributed by atoms with E-state index in [0.29, 0.717) is 5.92 Å². The zero-order valence-electron chi connectivity index (χ0n) is 7.22. The Morgan fingerprint density at radius 2 is 2.00 bits per heavy atom. The Bertz CT molecular complexity index is 87.3. The van der Waals surface area contributed by atoms with Crippen molar-refractivity contribution in [2.75, 3.05) is 6.61 Å². The summed E-state index contributed by atoms with van der Waals surface area (Å²) in [6, 6.07) is 0. The molecule has 0 saturated carbocycles. The molecule has 0 bridgehead atoms. The van der Waals surface area contributed by atoms with Gasteiger partial charge in [-0.1, -0.05) is 20.8 Å². The van der Waals surface area contributed by atoms with Gasteiger partial charge in [0, 0.05) is 5.54 Å². The quantitative estimate of drug-likeness (QED) is 0.623. The summed E-state index contributed by atoms with van der Waals surface area (Å²) in [5.74, 6) is 0.567. The number of aliphatic hydroxyl groups is 1. The van der Waals surface area contributed by atoms with Gasteiger partial charge in [-0.15, -0.1) is 0 Å². The van der Waals surface area contributed by atoms with Crippen molar-refractivity contribution in [3.63, 3.8) is 0 Å². The molecule has 62 valence electrons. The highest BCUT2D eigenvalue weighted by molar-refractivity contribution is 4.82. The van der Waals surface area contributed by atoms with Gasteiger partial charge >= 0.3 is 0 Å². The lowest BCUT2D eigenvalue weighted by Crippen LogP contribution is -2.44. The van der Waals surface area contributed by atoms with E-state index in [1.165, 1.54) is 0 Å². The molecule has 3 N–H and O–H groups in total. The molecule has 0 heterocycles.